The van der Waals surface area contributed by atoms with Gasteiger partial charge in [-0.1, -0.05) is 0 Å². The Morgan fingerprint density at radius 1 is 1.30 bits per heavy atom. The van der Waals surface area contributed by atoms with Crippen molar-refractivity contribution in [3.63, 3.8) is 0 Å². The van der Waals surface area contributed by atoms with Crippen molar-refractivity contribution in [3.8, 4) is 0 Å². The summed E-state index contributed by atoms with van der Waals surface area (Å²) in [6.45, 7) is 4.64. The Morgan fingerprint density at radius 3 is 2.57 bits per heavy atom. The van der Waals surface area contributed by atoms with Crippen LogP contribution in [-0.2, 0) is 6.54 Å². The van der Waals surface area contributed by atoms with E-state index >= 15 is 0 Å². The number of benzene rings is 1. The average Bonchev–Trinajstić information content (AvgIpc) is 2.48. The number of aryl methyl sites for hydroxylation is 1. The van der Waals surface area contributed by atoms with Gasteiger partial charge in [0.2, 0.25) is 5.95 Å². The highest BCUT2D eigenvalue weighted by Gasteiger charge is 2.35. The van der Waals surface area contributed by atoms with Crippen LogP contribution in [0.4, 0.5) is 14.7 Å². The fourth-order valence-electron chi connectivity index (χ4n) is 2.97. The summed E-state index contributed by atoms with van der Waals surface area (Å²) in [6, 6.07) is 3.72. The molecule has 0 aliphatic carbocycles. The molecule has 0 amide bonds. The van der Waals surface area contributed by atoms with Gasteiger partial charge < -0.3 is 4.90 Å². The van der Waals surface area contributed by atoms with Crippen LogP contribution in [0.2, 0.25) is 0 Å². The zero-order chi connectivity index (χ0) is 16.8. The Morgan fingerprint density at radius 2 is 1.96 bits per heavy atom. The molecule has 3 rings (SSSR count). The third kappa shape index (κ3) is 2.98. The molecule has 0 radical (unpaired) electrons. The zero-order valence-corrected chi connectivity index (χ0v) is 14.7. The summed E-state index contributed by atoms with van der Waals surface area (Å²) in [4.78, 5) is 19.2. The van der Waals surface area contributed by atoms with Crippen LogP contribution < -0.4 is 10.5 Å². The molecule has 1 aliphatic rings. The van der Waals surface area contributed by atoms with Crippen LogP contribution in [0.25, 0.3) is 10.9 Å². The van der Waals surface area contributed by atoms with E-state index in [1.165, 1.54) is 0 Å². The van der Waals surface area contributed by atoms with Gasteiger partial charge in [-0.15, -0.1) is 0 Å². The normalized spacial score (nSPS) is 17.7. The second-order valence-corrected chi connectivity index (χ2v) is 6.80. The number of nitrogens with zero attached hydrogens (tertiary/aromatic N) is 3. The first kappa shape index (κ1) is 16.4. The number of anilines is 1. The van der Waals surface area contributed by atoms with E-state index in [2.05, 4.69) is 20.9 Å². The predicted octanol–water partition coefficient (Wildman–Crippen LogP) is 3.72. The zero-order valence-electron chi connectivity index (χ0n) is 13.1. The Balaban J connectivity index is 2.16. The summed E-state index contributed by atoms with van der Waals surface area (Å²) in [6.07, 6.45) is -0.417. The standard InChI is InChI=1S/C16H18BrF2N3O/c1-3-22-14(23)11-8-10(2)9-12(17)13(11)20-15(22)21-6-4-16(18,19)5-7-21/h8-9H,3-7H2,1-2H3. The molecule has 0 saturated carbocycles. The van der Waals surface area contributed by atoms with E-state index in [4.69, 9.17) is 0 Å². The maximum Gasteiger partial charge on any atom is 0.262 e. The highest BCUT2D eigenvalue weighted by molar-refractivity contribution is 9.10. The third-order valence-corrected chi connectivity index (χ3v) is 4.84. The van der Waals surface area contributed by atoms with Gasteiger partial charge in [-0.2, -0.15) is 0 Å². The molecule has 2 heterocycles. The number of alkyl halides is 2. The smallest absolute Gasteiger partial charge is 0.262 e. The largest absolute Gasteiger partial charge is 0.342 e. The maximum atomic E-state index is 13.4. The molecule has 0 N–H and O–H groups in total. The van der Waals surface area contributed by atoms with Crippen molar-refractivity contribution < 1.29 is 8.78 Å². The monoisotopic (exact) mass is 385 g/mol. The van der Waals surface area contributed by atoms with E-state index in [1.54, 1.807) is 9.47 Å². The van der Waals surface area contributed by atoms with Crippen molar-refractivity contribution in [3.05, 3.63) is 32.5 Å². The predicted molar refractivity (Wildman–Crippen MR) is 90.5 cm³/mol. The lowest BCUT2D eigenvalue weighted by molar-refractivity contribution is -0.0223. The summed E-state index contributed by atoms with van der Waals surface area (Å²) in [5.74, 6) is -2.15. The second kappa shape index (κ2) is 5.85. The van der Waals surface area contributed by atoms with E-state index in [0.717, 1.165) is 10.0 Å². The Hall–Kier alpha value is -1.50. The number of rotatable bonds is 2. The minimum absolute atomic E-state index is 0.130. The fourth-order valence-corrected chi connectivity index (χ4v) is 3.63. The molecule has 1 aromatic heterocycles. The first-order chi connectivity index (χ1) is 10.8. The Bertz CT molecular complexity index is 809. The van der Waals surface area contributed by atoms with Crippen LogP contribution in [0.15, 0.2) is 21.4 Å². The molecule has 23 heavy (non-hydrogen) atoms. The highest BCUT2D eigenvalue weighted by atomic mass is 79.9. The fraction of sp³-hybridized carbons (Fsp3) is 0.500. The van der Waals surface area contributed by atoms with Crippen molar-refractivity contribution >= 4 is 32.8 Å². The molecule has 124 valence electrons. The van der Waals surface area contributed by atoms with Gasteiger partial charge in [0.25, 0.3) is 11.5 Å². The molecule has 1 saturated heterocycles. The maximum absolute atomic E-state index is 13.4. The van der Waals surface area contributed by atoms with Crippen LogP contribution in [-0.4, -0.2) is 28.6 Å². The minimum Gasteiger partial charge on any atom is -0.342 e. The molecule has 0 atom stereocenters. The number of hydrogen-bond donors (Lipinski definition) is 0. The van der Waals surface area contributed by atoms with Gasteiger partial charge >= 0.3 is 0 Å². The summed E-state index contributed by atoms with van der Waals surface area (Å²) in [5, 5.41) is 0.546. The van der Waals surface area contributed by atoms with E-state index < -0.39 is 5.92 Å². The number of aromatic nitrogens is 2. The molecule has 1 aliphatic heterocycles. The number of hydrogen-bond acceptors (Lipinski definition) is 3. The van der Waals surface area contributed by atoms with Crippen LogP contribution in [0.5, 0.6) is 0 Å². The second-order valence-electron chi connectivity index (χ2n) is 5.95. The summed E-state index contributed by atoms with van der Waals surface area (Å²) < 4.78 is 29.1. The van der Waals surface area contributed by atoms with Gasteiger partial charge in [-0.05, 0) is 47.5 Å². The Labute approximate surface area is 141 Å². The lowest BCUT2D eigenvalue weighted by Crippen LogP contribution is -2.42. The van der Waals surface area contributed by atoms with Crippen LogP contribution in [0.1, 0.15) is 25.3 Å². The lowest BCUT2D eigenvalue weighted by Gasteiger charge is -2.33. The summed E-state index contributed by atoms with van der Waals surface area (Å²) >= 11 is 3.46. The SMILES string of the molecule is CCn1c(N2CCC(F)(F)CC2)nc2c(Br)cc(C)cc2c1=O. The molecule has 0 unspecified atom stereocenters. The topological polar surface area (TPSA) is 38.1 Å². The number of halogens is 3. The number of fused-ring (bicyclic) bond motifs is 1. The molecule has 2 aromatic rings. The Kier molecular flexibility index (Phi) is 4.16. The van der Waals surface area contributed by atoms with E-state index in [1.807, 2.05) is 26.0 Å². The molecule has 7 heteroatoms. The quantitative estimate of drug-likeness (QED) is 0.790. The molecule has 4 nitrogen and oxygen atoms in total. The third-order valence-electron chi connectivity index (χ3n) is 4.23. The first-order valence-corrected chi connectivity index (χ1v) is 8.45. The van der Waals surface area contributed by atoms with Gasteiger partial charge in [0.05, 0.1) is 10.9 Å². The van der Waals surface area contributed by atoms with Gasteiger partial charge in [-0.25, -0.2) is 13.8 Å². The van der Waals surface area contributed by atoms with Gasteiger partial charge in [-0.3, -0.25) is 9.36 Å². The number of piperidine rings is 1. The van der Waals surface area contributed by atoms with E-state index in [9.17, 15) is 13.6 Å². The molecule has 0 spiro atoms. The van der Waals surface area contributed by atoms with Crippen LogP contribution >= 0.6 is 15.9 Å². The van der Waals surface area contributed by atoms with E-state index in [-0.39, 0.29) is 31.5 Å². The van der Waals surface area contributed by atoms with Gasteiger partial charge in [0.15, 0.2) is 0 Å². The average molecular weight is 386 g/mol. The van der Waals surface area contributed by atoms with Crippen molar-refractivity contribution in [2.24, 2.45) is 0 Å². The summed E-state index contributed by atoms with van der Waals surface area (Å²) in [7, 11) is 0. The van der Waals surface area contributed by atoms with Gasteiger partial charge in [0, 0.05) is 36.9 Å². The van der Waals surface area contributed by atoms with Crippen molar-refractivity contribution in [1.29, 1.82) is 0 Å². The molecule has 0 bridgehead atoms. The highest BCUT2D eigenvalue weighted by Crippen LogP contribution is 2.31. The van der Waals surface area contributed by atoms with Crippen LogP contribution in [0, 0.1) is 6.92 Å². The molecule has 1 aromatic carbocycles. The van der Waals surface area contributed by atoms with E-state index in [0.29, 0.717) is 23.4 Å². The van der Waals surface area contributed by atoms with Crippen molar-refractivity contribution in [1.82, 2.24) is 9.55 Å². The molecule has 1 fully saturated rings. The summed E-state index contributed by atoms with van der Waals surface area (Å²) in [5.41, 5.74) is 1.42. The minimum atomic E-state index is -2.62. The molecular formula is C16H18BrF2N3O. The van der Waals surface area contributed by atoms with Crippen LogP contribution in [0.3, 0.4) is 0 Å². The van der Waals surface area contributed by atoms with Crippen molar-refractivity contribution in [2.75, 3.05) is 18.0 Å². The first-order valence-electron chi connectivity index (χ1n) is 7.66. The molecular weight excluding hydrogens is 368 g/mol. The lowest BCUT2D eigenvalue weighted by atomic mass is 10.1. The van der Waals surface area contributed by atoms with Crippen molar-refractivity contribution in [2.45, 2.75) is 39.2 Å². The van der Waals surface area contributed by atoms with Gasteiger partial charge in [0.1, 0.15) is 0 Å².